The molecule has 2 nitrogen and oxygen atoms in total. The van der Waals surface area contributed by atoms with E-state index in [0.717, 1.165) is 13.1 Å². The van der Waals surface area contributed by atoms with Gasteiger partial charge >= 0.3 is 0 Å². The van der Waals surface area contributed by atoms with E-state index >= 15 is 0 Å². The summed E-state index contributed by atoms with van der Waals surface area (Å²) in [5.74, 6) is 0. The largest absolute Gasteiger partial charge is 0.311 e. The number of nitrogens with one attached hydrogen (secondary N) is 1. The van der Waals surface area contributed by atoms with Crippen molar-refractivity contribution >= 4 is 0 Å². The molecule has 0 amide bonds. The molecular formula is C18H30N2. The van der Waals surface area contributed by atoms with Crippen molar-refractivity contribution in [2.75, 3.05) is 20.1 Å². The van der Waals surface area contributed by atoms with Crippen molar-refractivity contribution < 1.29 is 0 Å². The van der Waals surface area contributed by atoms with Crippen LogP contribution in [-0.2, 0) is 0 Å². The number of benzene rings is 1. The highest BCUT2D eigenvalue weighted by atomic mass is 15.2. The topological polar surface area (TPSA) is 15.3 Å². The van der Waals surface area contributed by atoms with E-state index in [9.17, 15) is 0 Å². The Bertz CT molecular complexity index is 417. The maximum Gasteiger partial charge on any atom is 0.0504 e. The number of hydrogen-bond donors (Lipinski definition) is 1. The lowest BCUT2D eigenvalue weighted by Crippen LogP contribution is -2.54. The quantitative estimate of drug-likeness (QED) is 0.846. The monoisotopic (exact) mass is 274 g/mol. The third-order valence-corrected chi connectivity index (χ3v) is 5.06. The molecule has 1 N–H and O–H groups in total. The van der Waals surface area contributed by atoms with Crippen molar-refractivity contribution in [2.45, 2.75) is 58.0 Å². The van der Waals surface area contributed by atoms with Crippen molar-refractivity contribution in [3.63, 3.8) is 0 Å². The SMILES string of the molecule is CCN(CC)C1(C(NC)c2cccc(C)c2)CCCC1. The summed E-state index contributed by atoms with van der Waals surface area (Å²) < 4.78 is 0. The molecule has 1 fully saturated rings. The van der Waals surface area contributed by atoms with Crippen LogP contribution in [0.15, 0.2) is 24.3 Å². The van der Waals surface area contributed by atoms with E-state index in [1.165, 1.54) is 36.8 Å². The lowest BCUT2D eigenvalue weighted by Gasteiger charge is -2.46. The first kappa shape index (κ1) is 15.5. The second kappa shape index (κ2) is 6.73. The molecule has 0 spiro atoms. The zero-order valence-corrected chi connectivity index (χ0v) is 13.6. The van der Waals surface area contributed by atoms with Crippen LogP contribution in [0.25, 0.3) is 0 Å². The number of likely N-dealkylation sites (N-methyl/N-ethyl adjacent to an activating group) is 2. The van der Waals surface area contributed by atoms with Crippen LogP contribution in [0, 0.1) is 6.92 Å². The van der Waals surface area contributed by atoms with Crippen molar-refractivity contribution in [1.29, 1.82) is 0 Å². The minimum atomic E-state index is 0.298. The molecule has 0 heterocycles. The predicted molar refractivity (Wildman–Crippen MR) is 87.1 cm³/mol. The Hall–Kier alpha value is -0.860. The summed E-state index contributed by atoms with van der Waals surface area (Å²) >= 11 is 0. The molecule has 112 valence electrons. The minimum Gasteiger partial charge on any atom is -0.311 e. The number of hydrogen-bond acceptors (Lipinski definition) is 2. The highest BCUT2D eigenvalue weighted by Gasteiger charge is 2.44. The average Bonchev–Trinajstić information content (AvgIpc) is 2.91. The Morgan fingerprint density at radius 2 is 1.85 bits per heavy atom. The molecule has 1 aliphatic carbocycles. The highest BCUT2D eigenvalue weighted by Crippen LogP contribution is 2.44. The molecule has 20 heavy (non-hydrogen) atoms. The molecule has 1 aliphatic rings. The smallest absolute Gasteiger partial charge is 0.0504 e. The summed E-state index contributed by atoms with van der Waals surface area (Å²) in [4.78, 5) is 2.68. The lowest BCUT2D eigenvalue weighted by atomic mass is 9.81. The van der Waals surface area contributed by atoms with Crippen molar-refractivity contribution in [3.05, 3.63) is 35.4 Å². The van der Waals surface area contributed by atoms with E-state index < -0.39 is 0 Å². The van der Waals surface area contributed by atoms with Crippen LogP contribution in [0.2, 0.25) is 0 Å². The van der Waals surface area contributed by atoms with Crippen LogP contribution in [-0.4, -0.2) is 30.6 Å². The van der Waals surface area contributed by atoms with Gasteiger partial charge in [-0.1, -0.05) is 56.5 Å². The van der Waals surface area contributed by atoms with Crippen molar-refractivity contribution in [3.8, 4) is 0 Å². The van der Waals surface area contributed by atoms with Gasteiger partial charge in [-0.3, -0.25) is 4.90 Å². The lowest BCUT2D eigenvalue weighted by molar-refractivity contribution is 0.0655. The number of aryl methyl sites for hydroxylation is 1. The van der Waals surface area contributed by atoms with Gasteiger partial charge in [0.05, 0.1) is 6.04 Å². The fourth-order valence-electron chi connectivity index (χ4n) is 4.22. The van der Waals surface area contributed by atoms with Crippen LogP contribution in [0.3, 0.4) is 0 Å². The van der Waals surface area contributed by atoms with Crippen LogP contribution in [0.1, 0.15) is 56.7 Å². The molecule has 0 radical (unpaired) electrons. The Morgan fingerprint density at radius 1 is 1.20 bits per heavy atom. The van der Waals surface area contributed by atoms with Gasteiger partial charge in [0.25, 0.3) is 0 Å². The van der Waals surface area contributed by atoms with Crippen LogP contribution >= 0.6 is 0 Å². The maximum absolute atomic E-state index is 3.64. The summed E-state index contributed by atoms with van der Waals surface area (Å²) in [5.41, 5.74) is 3.10. The van der Waals surface area contributed by atoms with E-state index in [2.05, 4.69) is 62.3 Å². The first-order chi connectivity index (χ1) is 9.67. The molecule has 0 aliphatic heterocycles. The van der Waals surface area contributed by atoms with Gasteiger partial charge in [0, 0.05) is 5.54 Å². The molecule has 0 bridgehead atoms. The van der Waals surface area contributed by atoms with Gasteiger partial charge in [0.2, 0.25) is 0 Å². The van der Waals surface area contributed by atoms with Crippen LogP contribution < -0.4 is 5.32 Å². The van der Waals surface area contributed by atoms with E-state index in [1.807, 2.05) is 0 Å². The molecule has 0 saturated heterocycles. The third kappa shape index (κ3) is 2.77. The van der Waals surface area contributed by atoms with E-state index in [1.54, 1.807) is 0 Å². The molecule has 2 rings (SSSR count). The summed E-state index contributed by atoms with van der Waals surface area (Å²) in [5, 5.41) is 3.64. The normalized spacial score (nSPS) is 19.4. The average molecular weight is 274 g/mol. The molecular weight excluding hydrogens is 244 g/mol. The predicted octanol–water partition coefficient (Wildman–Crippen LogP) is 3.91. The molecule has 1 atom stereocenters. The first-order valence-corrected chi connectivity index (χ1v) is 8.16. The van der Waals surface area contributed by atoms with E-state index in [0.29, 0.717) is 11.6 Å². The van der Waals surface area contributed by atoms with E-state index in [-0.39, 0.29) is 0 Å². The van der Waals surface area contributed by atoms with Crippen molar-refractivity contribution in [1.82, 2.24) is 10.2 Å². The second-order valence-electron chi connectivity index (χ2n) is 6.12. The van der Waals surface area contributed by atoms with Crippen LogP contribution in [0.4, 0.5) is 0 Å². The molecule has 1 aromatic rings. The first-order valence-electron chi connectivity index (χ1n) is 8.16. The fourth-order valence-corrected chi connectivity index (χ4v) is 4.22. The summed E-state index contributed by atoms with van der Waals surface area (Å²) in [7, 11) is 2.12. The van der Waals surface area contributed by atoms with Gasteiger partial charge in [0.15, 0.2) is 0 Å². The molecule has 2 heteroatoms. The molecule has 0 aromatic heterocycles. The second-order valence-corrected chi connectivity index (χ2v) is 6.12. The van der Waals surface area contributed by atoms with Gasteiger partial charge in [-0.25, -0.2) is 0 Å². The molecule has 1 aromatic carbocycles. The maximum atomic E-state index is 3.64. The zero-order valence-electron chi connectivity index (χ0n) is 13.6. The Labute approximate surface area is 124 Å². The van der Waals surface area contributed by atoms with Crippen molar-refractivity contribution in [2.24, 2.45) is 0 Å². The Balaban J connectivity index is 2.40. The standard InChI is InChI=1S/C18H30N2/c1-5-20(6-2)18(12-7-8-13-18)17(19-4)16-11-9-10-15(3)14-16/h9-11,14,17,19H,5-8,12-13H2,1-4H3. The molecule has 1 unspecified atom stereocenters. The van der Waals surface area contributed by atoms with Crippen LogP contribution in [0.5, 0.6) is 0 Å². The Morgan fingerprint density at radius 3 is 2.35 bits per heavy atom. The molecule has 1 saturated carbocycles. The van der Waals surface area contributed by atoms with Gasteiger partial charge < -0.3 is 5.32 Å². The highest BCUT2D eigenvalue weighted by molar-refractivity contribution is 5.28. The Kier molecular flexibility index (Phi) is 5.22. The summed E-state index contributed by atoms with van der Waals surface area (Å²) in [6.07, 6.45) is 5.35. The fraction of sp³-hybridized carbons (Fsp3) is 0.667. The minimum absolute atomic E-state index is 0.298. The van der Waals surface area contributed by atoms with Gasteiger partial charge in [-0.05, 0) is 45.5 Å². The van der Waals surface area contributed by atoms with Gasteiger partial charge in [-0.2, -0.15) is 0 Å². The number of nitrogens with zero attached hydrogens (tertiary/aromatic N) is 1. The number of rotatable bonds is 6. The summed E-state index contributed by atoms with van der Waals surface area (Å²) in [6, 6.07) is 9.46. The van der Waals surface area contributed by atoms with Gasteiger partial charge in [-0.15, -0.1) is 0 Å². The van der Waals surface area contributed by atoms with E-state index in [4.69, 9.17) is 0 Å². The van der Waals surface area contributed by atoms with Gasteiger partial charge in [0.1, 0.15) is 0 Å². The summed E-state index contributed by atoms with van der Waals surface area (Å²) in [6.45, 7) is 9.06. The third-order valence-electron chi connectivity index (χ3n) is 5.06. The zero-order chi connectivity index (χ0) is 14.6.